The molecule has 2 rings (SSSR count). The minimum atomic E-state index is -0.106. The molecule has 120 valence electrons. The second-order valence-corrected chi connectivity index (χ2v) is 6.70. The number of halogens is 1. The van der Waals surface area contributed by atoms with Crippen molar-refractivity contribution >= 4 is 12.4 Å². The lowest BCUT2D eigenvalue weighted by Gasteiger charge is -2.42. The molecule has 1 heterocycles. The molecule has 0 aliphatic heterocycles. The van der Waals surface area contributed by atoms with Crippen molar-refractivity contribution in [3.05, 3.63) is 18.3 Å². The van der Waals surface area contributed by atoms with Gasteiger partial charge in [0.1, 0.15) is 11.4 Å². The normalized spacial score (nSPS) is 28.9. The van der Waals surface area contributed by atoms with Gasteiger partial charge in [-0.05, 0) is 51.5 Å². The number of pyridine rings is 1. The Morgan fingerprint density at radius 3 is 2.52 bits per heavy atom. The molecule has 0 aromatic carbocycles. The van der Waals surface area contributed by atoms with Crippen LogP contribution in [0.3, 0.4) is 0 Å². The molecular formula is C17H28ClNO2. The first-order valence-corrected chi connectivity index (χ1v) is 7.71. The highest BCUT2D eigenvalue weighted by molar-refractivity contribution is 5.85. The van der Waals surface area contributed by atoms with Crippen LogP contribution in [0.25, 0.3) is 0 Å². The molecule has 1 aliphatic rings. The number of aromatic nitrogens is 1. The molecule has 3 nitrogen and oxygen atoms in total. The molecule has 0 radical (unpaired) electrons. The Labute approximate surface area is 134 Å². The summed E-state index contributed by atoms with van der Waals surface area (Å²) < 4.78 is 11.8. The topological polar surface area (TPSA) is 31.4 Å². The van der Waals surface area contributed by atoms with Crippen molar-refractivity contribution in [2.45, 2.75) is 65.6 Å². The highest BCUT2D eigenvalue weighted by atomic mass is 35.5. The Morgan fingerprint density at radius 1 is 1.24 bits per heavy atom. The maximum atomic E-state index is 6.22. The molecule has 1 aromatic rings. The zero-order valence-electron chi connectivity index (χ0n) is 13.8. The van der Waals surface area contributed by atoms with Crippen molar-refractivity contribution in [2.75, 3.05) is 0 Å². The van der Waals surface area contributed by atoms with E-state index in [4.69, 9.17) is 9.47 Å². The molecule has 0 bridgehead atoms. The second kappa shape index (κ2) is 7.35. The zero-order chi connectivity index (χ0) is 14.8. The first-order valence-electron chi connectivity index (χ1n) is 7.71. The van der Waals surface area contributed by atoms with Crippen LogP contribution in [0, 0.1) is 11.8 Å². The third kappa shape index (κ3) is 4.77. The van der Waals surface area contributed by atoms with Gasteiger partial charge in [0, 0.05) is 6.07 Å². The molecule has 0 saturated heterocycles. The Hall–Kier alpha value is -0.960. The van der Waals surface area contributed by atoms with Crippen LogP contribution in [0.2, 0.25) is 0 Å². The Morgan fingerprint density at radius 2 is 1.95 bits per heavy atom. The van der Waals surface area contributed by atoms with Crippen molar-refractivity contribution in [2.24, 2.45) is 11.8 Å². The molecule has 0 spiro atoms. The number of rotatable bonds is 4. The first kappa shape index (κ1) is 18.1. The predicted molar refractivity (Wildman–Crippen MR) is 88.5 cm³/mol. The minimum absolute atomic E-state index is 0. The van der Waals surface area contributed by atoms with Crippen LogP contribution in [0.4, 0.5) is 0 Å². The Bertz CT molecular complexity index is 435. The van der Waals surface area contributed by atoms with Crippen LogP contribution in [0.15, 0.2) is 18.3 Å². The Kier molecular flexibility index (Phi) is 6.33. The van der Waals surface area contributed by atoms with E-state index in [0.717, 1.165) is 18.1 Å². The van der Waals surface area contributed by atoms with Crippen molar-refractivity contribution in [1.82, 2.24) is 4.98 Å². The van der Waals surface area contributed by atoms with E-state index in [2.05, 4.69) is 25.8 Å². The molecule has 1 fully saturated rings. The van der Waals surface area contributed by atoms with E-state index in [1.54, 1.807) is 6.20 Å². The molecule has 1 saturated carbocycles. The predicted octanol–water partition coefficient (Wildman–Crippen LogP) is 4.88. The molecular weight excluding hydrogens is 286 g/mol. The molecule has 0 N–H and O–H groups in total. The van der Waals surface area contributed by atoms with Crippen LogP contribution in [-0.2, 0) is 0 Å². The summed E-state index contributed by atoms with van der Waals surface area (Å²) in [6, 6.07) is 3.84. The third-order valence-corrected chi connectivity index (χ3v) is 4.31. The summed E-state index contributed by atoms with van der Waals surface area (Å²) in [5, 5.41) is 0. The summed E-state index contributed by atoms with van der Waals surface area (Å²) in [7, 11) is 0. The lowest BCUT2D eigenvalue weighted by atomic mass is 9.73. The van der Waals surface area contributed by atoms with Crippen LogP contribution in [0.5, 0.6) is 11.6 Å². The highest BCUT2D eigenvalue weighted by Crippen LogP contribution is 2.39. The largest absolute Gasteiger partial charge is 0.489 e. The number of hydrogen-bond acceptors (Lipinski definition) is 3. The fourth-order valence-corrected chi connectivity index (χ4v) is 2.99. The monoisotopic (exact) mass is 313 g/mol. The number of hydrogen-bond donors (Lipinski definition) is 0. The highest BCUT2D eigenvalue weighted by Gasteiger charge is 2.38. The van der Waals surface area contributed by atoms with Gasteiger partial charge in [-0.15, -0.1) is 12.4 Å². The van der Waals surface area contributed by atoms with Gasteiger partial charge in [-0.25, -0.2) is 4.98 Å². The van der Waals surface area contributed by atoms with E-state index in [1.807, 2.05) is 26.0 Å². The van der Waals surface area contributed by atoms with E-state index >= 15 is 0 Å². The first-order chi connectivity index (χ1) is 9.39. The number of nitrogens with zero attached hydrogens (tertiary/aromatic N) is 1. The zero-order valence-corrected chi connectivity index (χ0v) is 14.6. The smallest absolute Gasteiger partial charge is 0.213 e. The summed E-state index contributed by atoms with van der Waals surface area (Å²) in [6.07, 6.45) is 5.54. The molecule has 1 aliphatic carbocycles. The lowest BCUT2D eigenvalue weighted by Crippen LogP contribution is -2.44. The van der Waals surface area contributed by atoms with E-state index < -0.39 is 0 Å². The SMILES string of the molecule is CC(C)Oc1ccc(OC2(C)C[C@H](C)CC[C@@H]2C)nc1.Cl. The van der Waals surface area contributed by atoms with Crippen molar-refractivity contribution in [1.29, 1.82) is 0 Å². The second-order valence-electron chi connectivity index (χ2n) is 6.70. The lowest BCUT2D eigenvalue weighted by molar-refractivity contribution is -0.0205. The van der Waals surface area contributed by atoms with Gasteiger partial charge >= 0.3 is 0 Å². The summed E-state index contributed by atoms with van der Waals surface area (Å²) in [6.45, 7) is 10.8. The standard InChI is InChI=1S/C17H27NO2.ClH/c1-12(2)19-15-8-9-16(18-11-15)20-17(5)10-13(3)6-7-14(17)4;/h8-9,11-14H,6-7,10H2,1-5H3;1H/t13-,14+,17?;/m1./s1. The van der Waals surface area contributed by atoms with Gasteiger partial charge in [-0.3, -0.25) is 0 Å². The average Bonchev–Trinajstić information content (AvgIpc) is 2.36. The van der Waals surface area contributed by atoms with Crippen LogP contribution in [-0.4, -0.2) is 16.7 Å². The molecule has 21 heavy (non-hydrogen) atoms. The van der Waals surface area contributed by atoms with Gasteiger partial charge in [0.05, 0.1) is 12.3 Å². The molecule has 1 aromatic heterocycles. The van der Waals surface area contributed by atoms with Crippen LogP contribution < -0.4 is 9.47 Å². The van der Waals surface area contributed by atoms with E-state index in [0.29, 0.717) is 11.8 Å². The average molecular weight is 314 g/mol. The maximum absolute atomic E-state index is 6.22. The van der Waals surface area contributed by atoms with E-state index in [-0.39, 0.29) is 24.1 Å². The van der Waals surface area contributed by atoms with E-state index in [9.17, 15) is 0 Å². The third-order valence-electron chi connectivity index (χ3n) is 4.31. The van der Waals surface area contributed by atoms with E-state index in [1.165, 1.54) is 12.8 Å². The van der Waals surface area contributed by atoms with Gasteiger partial charge in [0.25, 0.3) is 0 Å². The fourth-order valence-electron chi connectivity index (χ4n) is 2.99. The maximum Gasteiger partial charge on any atom is 0.213 e. The fraction of sp³-hybridized carbons (Fsp3) is 0.706. The van der Waals surface area contributed by atoms with Gasteiger partial charge < -0.3 is 9.47 Å². The van der Waals surface area contributed by atoms with Gasteiger partial charge in [-0.1, -0.05) is 20.3 Å². The van der Waals surface area contributed by atoms with Gasteiger partial charge in [-0.2, -0.15) is 0 Å². The van der Waals surface area contributed by atoms with Gasteiger partial charge in [0.15, 0.2) is 0 Å². The van der Waals surface area contributed by atoms with Crippen LogP contribution >= 0.6 is 12.4 Å². The van der Waals surface area contributed by atoms with Gasteiger partial charge in [0.2, 0.25) is 5.88 Å². The molecule has 4 heteroatoms. The summed E-state index contributed by atoms with van der Waals surface area (Å²) in [5.41, 5.74) is -0.106. The van der Waals surface area contributed by atoms with Crippen molar-refractivity contribution in [3.63, 3.8) is 0 Å². The summed E-state index contributed by atoms with van der Waals surface area (Å²) in [4.78, 5) is 4.38. The van der Waals surface area contributed by atoms with Crippen molar-refractivity contribution in [3.8, 4) is 11.6 Å². The summed E-state index contributed by atoms with van der Waals surface area (Å²) in [5.74, 6) is 2.78. The molecule has 3 atom stereocenters. The van der Waals surface area contributed by atoms with Crippen molar-refractivity contribution < 1.29 is 9.47 Å². The quantitative estimate of drug-likeness (QED) is 0.793. The Balaban J connectivity index is 0.00000220. The van der Waals surface area contributed by atoms with Crippen LogP contribution in [0.1, 0.15) is 53.9 Å². The molecule has 0 amide bonds. The minimum Gasteiger partial charge on any atom is -0.489 e. The molecule has 1 unspecified atom stereocenters. The summed E-state index contributed by atoms with van der Waals surface area (Å²) >= 11 is 0. The number of ether oxygens (including phenoxy) is 2.